The molecule has 0 aliphatic rings. The Bertz CT molecular complexity index is 2530. The molecule has 9 aromatic rings. The third-order valence-corrected chi connectivity index (χ3v) is 9.69. The van der Waals surface area contributed by atoms with Gasteiger partial charge in [-0.25, -0.2) is 0 Å². The molecule has 9 aromatic carbocycles. The first-order valence-electron chi connectivity index (χ1n) is 16.6. The van der Waals surface area contributed by atoms with E-state index in [0.29, 0.717) is 0 Å². The Morgan fingerprint density at radius 3 is 1.31 bits per heavy atom. The van der Waals surface area contributed by atoms with Crippen LogP contribution in [0, 0.1) is 0 Å². The average Bonchev–Trinajstić information content (AvgIpc) is 3.17. The Morgan fingerprint density at radius 1 is 0.208 bits per heavy atom. The molecule has 48 heavy (non-hydrogen) atoms. The van der Waals surface area contributed by atoms with Crippen molar-refractivity contribution in [1.82, 2.24) is 0 Å². The van der Waals surface area contributed by atoms with Gasteiger partial charge in [0.05, 0.1) is 0 Å². The van der Waals surface area contributed by atoms with E-state index in [9.17, 15) is 0 Å². The zero-order chi connectivity index (χ0) is 31.9. The molecule has 0 radical (unpaired) electrons. The van der Waals surface area contributed by atoms with E-state index in [4.69, 9.17) is 0 Å². The van der Waals surface area contributed by atoms with Gasteiger partial charge in [-0.1, -0.05) is 188 Å². The molecule has 0 atom stereocenters. The largest absolute Gasteiger partial charge is 0.0622 e. The third kappa shape index (κ3) is 4.70. The van der Waals surface area contributed by atoms with Crippen molar-refractivity contribution in [3.63, 3.8) is 0 Å². The van der Waals surface area contributed by atoms with Gasteiger partial charge >= 0.3 is 0 Å². The molecule has 0 bridgehead atoms. The van der Waals surface area contributed by atoms with Crippen molar-refractivity contribution >= 4 is 32.3 Å². The molecule has 0 heterocycles. The normalized spacial score (nSPS) is 11.3. The average molecular weight is 609 g/mol. The smallest absolute Gasteiger partial charge is 0.00199 e. The lowest BCUT2D eigenvalue weighted by molar-refractivity contribution is 1.57. The van der Waals surface area contributed by atoms with Gasteiger partial charge in [0.1, 0.15) is 0 Å². The minimum absolute atomic E-state index is 1.20. The first kappa shape index (κ1) is 28.0. The van der Waals surface area contributed by atoms with Crippen molar-refractivity contribution in [1.29, 1.82) is 0 Å². The summed E-state index contributed by atoms with van der Waals surface area (Å²) >= 11 is 0. The standard InChI is InChI=1S/C48H32/c1-3-16-33(17-4-1)37-22-9-10-24-39(37)36-30-31-41(40-29-15-21-34-18-7-8-23-38(34)40)46(32-36)48-44-27-13-11-25-42(44)47(35-19-5-2-6-20-35)43-26-12-14-28-45(43)48/h1-32H. The maximum absolute atomic E-state index is 2.44. The van der Waals surface area contributed by atoms with Crippen molar-refractivity contribution in [2.75, 3.05) is 0 Å². The van der Waals surface area contributed by atoms with E-state index in [2.05, 4.69) is 194 Å². The lowest BCUT2D eigenvalue weighted by Gasteiger charge is -2.21. The highest BCUT2D eigenvalue weighted by molar-refractivity contribution is 6.23. The second-order valence-corrected chi connectivity index (χ2v) is 12.4. The van der Waals surface area contributed by atoms with E-state index in [1.54, 1.807) is 0 Å². The fourth-order valence-electron chi connectivity index (χ4n) is 7.55. The van der Waals surface area contributed by atoms with E-state index < -0.39 is 0 Å². The minimum Gasteiger partial charge on any atom is -0.0622 e. The zero-order valence-corrected chi connectivity index (χ0v) is 26.5. The number of hydrogen-bond donors (Lipinski definition) is 0. The van der Waals surface area contributed by atoms with E-state index >= 15 is 0 Å². The van der Waals surface area contributed by atoms with Crippen LogP contribution in [-0.2, 0) is 0 Å². The summed E-state index contributed by atoms with van der Waals surface area (Å²) in [6.07, 6.45) is 0. The number of benzene rings is 9. The lowest BCUT2D eigenvalue weighted by Crippen LogP contribution is -1.94. The predicted octanol–water partition coefficient (Wildman–Crippen LogP) is 13.5. The summed E-state index contributed by atoms with van der Waals surface area (Å²) in [5, 5.41) is 7.53. The molecule has 0 aliphatic heterocycles. The van der Waals surface area contributed by atoms with Crippen molar-refractivity contribution in [2.24, 2.45) is 0 Å². The molecule has 0 unspecified atom stereocenters. The highest BCUT2D eigenvalue weighted by Crippen LogP contribution is 2.48. The number of fused-ring (bicyclic) bond motifs is 3. The molecule has 0 saturated heterocycles. The maximum Gasteiger partial charge on any atom is -0.00199 e. The maximum atomic E-state index is 2.44. The molecule has 0 fully saturated rings. The predicted molar refractivity (Wildman–Crippen MR) is 206 cm³/mol. The Hall–Kier alpha value is -6.24. The topological polar surface area (TPSA) is 0 Å². The number of rotatable bonds is 5. The SMILES string of the molecule is c1ccc(-c2ccccc2-c2ccc(-c3cccc4ccccc34)c(-c3c4ccccc4c(-c4ccccc4)c4ccccc34)c2)cc1. The Morgan fingerprint density at radius 2 is 0.667 bits per heavy atom. The van der Waals surface area contributed by atoms with E-state index in [-0.39, 0.29) is 0 Å². The first-order valence-corrected chi connectivity index (χ1v) is 16.6. The van der Waals surface area contributed by atoms with Crippen molar-refractivity contribution in [2.45, 2.75) is 0 Å². The molecular weight excluding hydrogens is 577 g/mol. The number of hydrogen-bond acceptors (Lipinski definition) is 0. The summed E-state index contributed by atoms with van der Waals surface area (Å²) in [6.45, 7) is 0. The third-order valence-electron chi connectivity index (χ3n) is 9.69. The van der Waals surface area contributed by atoms with Crippen LogP contribution in [0.2, 0.25) is 0 Å². The van der Waals surface area contributed by atoms with Crippen LogP contribution in [0.25, 0.3) is 88.0 Å². The van der Waals surface area contributed by atoms with Gasteiger partial charge in [-0.15, -0.1) is 0 Å². The van der Waals surface area contributed by atoms with Crippen LogP contribution in [0.15, 0.2) is 194 Å². The van der Waals surface area contributed by atoms with Gasteiger partial charge in [-0.05, 0) is 94.0 Å². The summed E-state index contributed by atoms with van der Waals surface area (Å²) < 4.78 is 0. The molecule has 0 heteroatoms. The molecule has 0 nitrogen and oxygen atoms in total. The molecule has 0 amide bonds. The summed E-state index contributed by atoms with van der Waals surface area (Å²) in [5.41, 5.74) is 12.4. The fourth-order valence-corrected chi connectivity index (χ4v) is 7.55. The van der Waals surface area contributed by atoms with E-state index in [1.807, 2.05) is 0 Å². The van der Waals surface area contributed by atoms with Gasteiger partial charge in [-0.3, -0.25) is 0 Å². The quantitative estimate of drug-likeness (QED) is 0.171. The fraction of sp³-hybridized carbons (Fsp3) is 0. The lowest BCUT2D eigenvalue weighted by atomic mass is 9.82. The Labute approximate surface area is 281 Å². The van der Waals surface area contributed by atoms with Crippen molar-refractivity contribution in [3.8, 4) is 55.6 Å². The summed E-state index contributed by atoms with van der Waals surface area (Å²) in [6, 6.07) is 70.8. The van der Waals surface area contributed by atoms with Crippen LogP contribution in [0.3, 0.4) is 0 Å². The second-order valence-electron chi connectivity index (χ2n) is 12.4. The van der Waals surface area contributed by atoms with Crippen molar-refractivity contribution < 1.29 is 0 Å². The van der Waals surface area contributed by atoms with Gasteiger partial charge in [0, 0.05) is 0 Å². The molecule has 9 rings (SSSR count). The van der Waals surface area contributed by atoms with Crippen LogP contribution in [0.1, 0.15) is 0 Å². The van der Waals surface area contributed by atoms with Gasteiger partial charge in [0.25, 0.3) is 0 Å². The highest BCUT2D eigenvalue weighted by Gasteiger charge is 2.21. The summed E-state index contributed by atoms with van der Waals surface area (Å²) in [4.78, 5) is 0. The van der Waals surface area contributed by atoms with Gasteiger partial charge in [0.2, 0.25) is 0 Å². The summed E-state index contributed by atoms with van der Waals surface area (Å²) in [5.74, 6) is 0. The van der Waals surface area contributed by atoms with Gasteiger partial charge in [-0.2, -0.15) is 0 Å². The zero-order valence-electron chi connectivity index (χ0n) is 26.5. The molecule has 0 aromatic heterocycles. The Kier molecular flexibility index (Phi) is 6.91. The van der Waals surface area contributed by atoms with E-state index in [0.717, 1.165) is 0 Å². The molecular formula is C48H32. The second kappa shape index (κ2) is 11.8. The Balaban J connectivity index is 1.42. The van der Waals surface area contributed by atoms with Crippen LogP contribution in [0.5, 0.6) is 0 Å². The molecule has 0 spiro atoms. The van der Waals surface area contributed by atoms with Crippen LogP contribution in [0.4, 0.5) is 0 Å². The minimum atomic E-state index is 1.20. The molecule has 224 valence electrons. The monoisotopic (exact) mass is 608 g/mol. The molecule has 0 saturated carbocycles. The first-order chi connectivity index (χ1) is 23.8. The molecule has 0 N–H and O–H groups in total. The highest BCUT2D eigenvalue weighted by atomic mass is 14.2. The van der Waals surface area contributed by atoms with E-state index in [1.165, 1.54) is 88.0 Å². The van der Waals surface area contributed by atoms with Crippen LogP contribution in [-0.4, -0.2) is 0 Å². The van der Waals surface area contributed by atoms with Crippen LogP contribution < -0.4 is 0 Å². The van der Waals surface area contributed by atoms with Crippen molar-refractivity contribution in [3.05, 3.63) is 194 Å². The molecule has 0 aliphatic carbocycles. The van der Waals surface area contributed by atoms with Gasteiger partial charge < -0.3 is 0 Å². The van der Waals surface area contributed by atoms with Crippen LogP contribution >= 0.6 is 0 Å². The summed E-state index contributed by atoms with van der Waals surface area (Å²) in [7, 11) is 0. The van der Waals surface area contributed by atoms with Gasteiger partial charge in [0.15, 0.2) is 0 Å².